The van der Waals surface area contributed by atoms with Gasteiger partial charge in [0, 0.05) is 6.04 Å². The van der Waals surface area contributed by atoms with E-state index in [-0.39, 0.29) is 17.2 Å². The Hall–Kier alpha value is -1.92. The number of pyridine rings is 1. The molecule has 2 heterocycles. The second kappa shape index (κ2) is 6.02. The van der Waals surface area contributed by atoms with Gasteiger partial charge in [0.2, 0.25) is 0 Å². The fraction of sp³-hybridized carbons (Fsp3) is 0.286. The molecule has 1 amide bonds. The van der Waals surface area contributed by atoms with Crippen molar-refractivity contribution in [3.63, 3.8) is 0 Å². The van der Waals surface area contributed by atoms with E-state index in [2.05, 4.69) is 0 Å². The Morgan fingerprint density at radius 2 is 2.20 bits per heavy atom. The third kappa shape index (κ3) is 2.52. The molecule has 0 aliphatic rings. The fourth-order valence-electron chi connectivity index (χ4n) is 2.05. The molecule has 20 heavy (non-hydrogen) atoms. The van der Waals surface area contributed by atoms with Crippen LogP contribution in [0.3, 0.4) is 0 Å². The van der Waals surface area contributed by atoms with Crippen LogP contribution in [0.2, 0.25) is 0 Å². The number of rotatable bonds is 4. The van der Waals surface area contributed by atoms with Crippen molar-refractivity contribution in [1.82, 2.24) is 9.99 Å². The van der Waals surface area contributed by atoms with Crippen LogP contribution in [-0.2, 0) is 0 Å². The highest BCUT2D eigenvalue weighted by Gasteiger charge is 2.18. The summed E-state index contributed by atoms with van der Waals surface area (Å²) in [4.78, 5) is 25.2. The summed E-state index contributed by atoms with van der Waals surface area (Å²) in [6.45, 7) is 3.97. The molecule has 0 aromatic carbocycles. The molecule has 2 aromatic heterocycles. The first-order chi connectivity index (χ1) is 9.60. The first kappa shape index (κ1) is 14.5. The Morgan fingerprint density at radius 1 is 1.45 bits per heavy atom. The number of nitrogen functional groups attached to an aromatic ring is 1. The lowest BCUT2D eigenvalue weighted by Gasteiger charge is -2.18. The Labute approximate surface area is 121 Å². The molecule has 1 atom stereocenters. The summed E-state index contributed by atoms with van der Waals surface area (Å²) in [5.74, 6) is 4.55. The lowest BCUT2D eigenvalue weighted by molar-refractivity contribution is 0.0951. The molecule has 0 saturated heterocycles. The number of hydrogen-bond donors (Lipinski definition) is 2. The van der Waals surface area contributed by atoms with Crippen molar-refractivity contribution in [2.45, 2.75) is 26.3 Å². The van der Waals surface area contributed by atoms with Gasteiger partial charge >= 0.3 is 0 Å². The number of nitrogens with zero attached hydrogens (tertiary/aromatic N) is 1. The van der Waals surface area contributed by atoms with Gasteiger partial charge in [0.25, 0.3) is 11.5 Å². The highest BCUT2D eigenvalue weighted by molar-refractivity contribution is 7.13. The van der Waals surface area contributed by atoms with E-state index in [4.69, 9.17) is 5.84 Å². The molecule has 3 N–H and O–H groups in total. The molecule has 2 rings (SSSR count). The second-order valence-corrected chi connectivity index (χ2v) is 5.46. The van der Waals surface area contributed by atoms with E-state index < -0.39 is 5.91 Å². The average Bonchev–Trinajstić information content (AvgIpc) is 2.99. The Bertz CT molecular complexity index is 662. The van der Waals surface area contributed by atoms with Crippen LogP contribution in [0.15, 0.2) is 34.4 Å². The van der Waals surface area contributed by atoms with E-state index in [1.807, 2.05) is 36.8 Å². The molecule has 0 radical (unpaired) electrons. The summed E-state index contributed by atoms with van der Waals surface area (Å²) in [7, 11) is 0. The molecule has 106 valence electrons. The summed E-state index contributed by atoms with van der Waals surface area (Å²) in [5, 5.41) is 1.96. The van der Waals surface area contributed by atoms with Gasteiger partial charge in [0.05, 0.1) is 10.6 Å². The Morgan fingerprint density at radius 3 is 2.75 bits per heavy atom. The van der Waals surface area contributed by atoms with Gasteiger partial charge < -0.3 is 4.57 Å². The van der Waals surface area contributed by atoms with Crippen molar-refractivity contribution in [1.29, 1.82) is 0 Å². The van der Waals surface area contributed by atoms with Gasteiger partial charge in [0.1, 0.15) is 5.56 Å². The number of carbonyl (C=O) groups excluding carboxylic acids is 1. The summed E-state index contributed by atoms with van der Waals surface area (Å²) >= 11 is 1.56. The third-order valence-electron chi connectivity index (χ3n) is 3.30. The quantitative estimate of drug-likeness (QED) is 0.515. The maximum atomic E-state index is 12.5. The van der Waals surface area contributed by atoms with Gasteiger partial charge in [0.15, 0.2) is 0 Å². The van der Waals surface area contributed by atoms with Crippen molar-refractivity contribution in [3.05, 3.63) is 45.6 Å². The molecule has 0 bridgehead atoms. The molecule has 0 aliphatic carbocycles. The summed E-state index contributed by atoms with van der Waals surface area (Å²) in [6.07, 6.45) is 0.798. The standard InChI is InChI=1S/C14H17N3O2S/c1-3-9(2)17-11(12-5-4-8-20-12)7-6-10(14(17)19)13(18)16-15/h4-9H,3,15H2,1-2H3,(H,16,18). The van der Waals surface area contributed by atoms with Gasteiger partial charge in [-0.1, -0.05) is 13.0 Å². The highest BCUT2D eigenvalue weighted by atomic mass is 32.1. The number of aromatic nitrogens is 1. The first-order valence-corrected chi connectivity index (χ1v) is 7.28. The minimum absolute atomic E-state index is 0.00474. The van der Waals surface area contributed by atoms with Crippen LogP contribution in [0.25, 0.3) is 10.6 Å². The van der Waals surface area contributed by atoms with Crippen LogP contribution < -0.4 is 16.8 Å². The minimum Gasteiger partial charge on any atom is -0.304 e. The number of nitrogens with two attached hydrogens (primary N) is 1. The van der Waals surface area contributed by atoms with Crippen LogP contribution in [0, 0.1) is 0 Å². The van der Waals surface area contributed by atoms with E-state index in [1.54, 1.807) is 22.0 Å². The van der Waals surface area contributed by atoms with Gasteiger partial charge in [-0.2, -0.15) is 0 Å². The van der Waals surface area contributed by atoms with Crippen LogP contribution in [-0.4, -0.2) is 10.5 Å². The van der Waals surface area contributed by atoms with Crippen LogP contribution in [0.1, 0.15) is 36.7 Å². The number of thiophene rings is 1. The number of hydrazine groups is 1. The van der Waals surface area contributed by atoms with Gasteiger partial charge in [-0.05, 0) is 36.9 Å². The van der Waals surface area contributed by atoms with Crippen molar-refractivity contribution >= 4 is 17.2 Å². The number of nitrogens with one attached hydrogen (secondary N) is 1. The summed E-state index contributed by atoms with van der Waals surface area (Å²) in [5.41, 5.74) is 2.59. The van der Waals surface area contributed by atoms with Crippen molar-refractivity contribution in [2.24, 2.45) is 5.84 Å². The SMILES string of the molecule is CCC(C)n1c(-c2cccs2)ccc(C(=O)NN)c1=O. The van der Waals surface area contributed by atoms with E-state index in [0.29, 0.717) is 0 Å². The van der Waals surface area contributed by atoms with Gasteiger partial charge in [-0.15, -0.1) is 11.3 Å². The lowest BCUT2D eigenvalue weighted by atomic mass is 10.1. The number of carbonyl (C=O) groups is 1. The zero-order chi connectivity index (χ0) is 14.7. The maximum Gasteiger partial charge on any atom is 0.270 e. The molecule has 5 nitrogen and oxygen atoms in total. The zero-order valence-corrected chi connectivity index (χ0v) is 12.2. The predicted octanol–water partition coefficient (Wildman–Crippen LogP) is 2.15. The summed E-state index contributed by atoms with van der Waals surface area (Å²) in [6, 6.07) is 7.22. The van der Waals surface area contributed by atoms with Gasteiger partial charge in [-0.25, -0.2) is 5.84 Å². The second-order valence-electron chi connectivity index (χ2n) is 4.52. The predicted molar refractivity (Wildman–Crippen MR) is 80.7 cm³/mol. The Balaban J connectivity index is 2.69. The normalized spacial score (nSPS) is 12.2. The minimum atomic E-state index is -0.565. The van der Waals surface area contributed by atoms with Crippen LogP contribution >= 0.6 is 11.3 Å². The third-order valence-corrected chi connectivity index (χ3v) is 4.19. The van der Waals surface area contributed by atoms with Crippen molar-refractivity contribution in [3.8, 4) is 10.6 Å². The molecule has 0 fully saturated rings. The van der Waals surface area contributed by atoms with Crippen LogP contribution in [0.4, 0.5) is 0 Å². The molecule has 0 saturated carbocycles. The topological polar surface area (TPSA) is 77.1 Å². The van der Waals surface area contributed by atoms with E-state index in [1.165, 1.54) is 6.07 Å². The van der Waals surface area contributed by atoms with Crippen molar-refractivity contribution in [2.75, 3.05) is 0 Å². The maximum absolute atomic E-state index is 12.5. The fourth-order valence-corrected chi connectivity index (χ4v) is 2.80. The average molecular weight is 291 g/mol. The van der Waals surface area contributed by atoms with Crippen LogP contribution in [0.5, 0.6) is 0 Å². The van der Waals surface area contributed by atoms with E-state index in [9.17, 15) is 9.59 Å². The molecule has 0 spiro atoms. The smallest absolute Gasteiger partial charge is 0.270 e. The highest BCUT2D eigenvalue weighted by Crippen LogP contribution is 2.26. The number of hydrogen-bond acceptors (Lipinski definition) is 4. The Kier molecular flexibility index (Phi) is 4.36. The van der Waals surface area contributed by atoms with E-state index in [0.717, 1.165) is 17.0 Å². The lowest BCUT2D eigenvalue weighted by Crippen LogP contribution is -2.37. The van der Waals surface area contributed by atoms with Crippen molar-refractivity contribution < 1.29 is 4.79 Å². The molecular weight excluding hydrogens is 274 g/mol. The monoisotopic (exact) mass is 291 g/mol. The number of amides is 1. The molecule has 0 aliphatic heterocycles. The molecule has 2 aromatic rings. The summed E-state index contributed by atoms with van der Waals surface area (Å²) < 4.78 is 1.66. The first-order valence-electron chi connectivity index (χ1n) is 6.40. The largest absolute Gasteiger partial charge is 0.304 e. The molecule has 6 heteroatoms. The molecular formula is C14H17N3O2S. The zero-order valence-electron chi connectivity index (χ0n) is 11.4. The van der Waals surface area contributed by atoms with Gasteiger partial charge in [-0.3, -0.25) is 15.0 Å². The van der Waals surface area contributed by atoms with E-state index >= 15 is 0 Å². The molecule has 1 unspecified atom stereocenters.